The lowest BCUT2D eigenvalue weighted by molar-refractivity contribution is -0.131. The Labute approximate surface area is 121 Å². The molecule has 0 spiro atoms. The van der Waals surface area contributed by atoms with E-state index >= 15 is 0 Å². The van der Waals surface area contributed by atoms with E-state index < -0.39 is 0 Å². The first-order valence-electron chi connectivity index (χ1n) is 6.39. The Morgan fingerprint density at radius 3 is 2.95 bits per heavy atom. The highest BCUT2D eigenvalue weighted by molar-refractivity contribution is 7.13. The molecular weight excluding hydrogens is 276 g/mol. The zero-order valence-corrected chi connectivity index (χ0v) is 12.6. The molecule has 2 aromatic heterocycles. The molecule has 0 aliphatic rings. The van der Waals surface area contributed by atoms with Crippen molar-refractivity contribution in [2.24, 2.45) is 0 Å². The highest BCUT2D eigenvalue weighted by Crippen LogP contribution is 2.26. The summed E-state index contributed by atoms with van der Waals surface area (Å²) in [6.07, 6.45) is 0.182. The molecule has 6 heteroatoms. The van der Waals surface area contributed by atoms with Crippen LogP contribution >= 0.6 is 11.3 Å². The molecule has 0 saturated carbocycles. The fourth-order valence-corrected chi connectivity index (χ4v) is 2.38. The maximum atomic E-state index is 12.1. The van der Waals surface area contributed by atoms with Crippen molar-refractivity contribution >= 4 is 17.2 Å². The molecule has 1 N–H and O–H groups in total. The van der Waals surface area contributed by atoms with Crippen LogP contribution in [0.15, 0.2) is 21.9 Å². The third-order valence-corrected chi connectivity index (χ3v) is 4.12. The summed E-state index contributed by atoms with van der Waals surface area (Å²) in [5.41, 5.74) is 0.649. The van der Waals surface area contributed by atoms with Gasteiger partial charge in [-0.1, -0.05) is 6.07 Å². The number of aliphatic hydroxyl groups excluding tert-OH is 1. The van der Waals surface area contributed by atoms with Gasteiger partial charge in [-0.25, -0.2) is 4.98 Å². The van der Waals surface area contributed by atoms with Crippen LogP contribution < -0.4 is 0 Å². The minimum atomic E-state index is -0.202. The number of aliphatic hydroxyl groups is 1. The fraction of sp³-hybridized carbons (Fsp3) is 0.429. The molecule has 0 saturated heterocycles. The SMILES string of the molecule is Cc1oc(-c2cccs2)nc1CC(=O)N(C)C(C)CO. The summed E-state index contributed by atoms with van der Waals surface area (Å²) in [6, 6.07) is 3.66. The third-order valence-electron chi connectivity index (χ3n) is 3.26. The summed E-state index contributed by atoms with van der Waals surface area (Å²) in [5, 5.41) is 11.0. The zero-order chi connectivity index (χ0) is 14.7. The first-order valence-corrected chi connectivity index (χ1v) is 7.27. The minimum absolute atomic E-state index is 0.0551. The predicted molar refractivity (Wildman–Crippen MR) is 77.6 cm³/mol. The smallest absolute Gasteiger partial charge is 0.236 e. The molecule has 2 heterocycles. The quantitative estimate of drug-likeness (QED) is 0.917. The second-order valence-electron chi connectivity index (χ2n) is 4.71. The first kappa shape index (κ1) is 14.7. The van der Waals surface area contributed by atoms with E-state index in [1.54, 1.807) is 25.3 Å². The summed E-state index contributed by atoms with van der Waals surface area (Å²) in [4.78, 5) is 19.0. The van der Waals surface area contributed by atoms with Crippen molar-refractivity contribution < 1.29 is 14.3 Å². The number of thiophene rings is 1. The van der Waals surface area contributed by atoms with Crippen LogP contribution in [0.4, 0.5) is 0 Å². The van der Waals surface area contributed by atoms with Gasteiger partial charge in [0.2, 0.25) is 11.8 Å². The van der Waals surface area contributed by atoms with E-state index in [1.165, 1.54) is 4.90 Å². The molecule has 0 aliphatic heterocycles. The summed E-state index contributed by atoms with van der Waals surface area (Å²) in [7, 11) is 1.68. The largest absolute Gasteiger partial charge is 0.440 e. The van der Waals surface area contributed by atoms with Crippen LogP contribution in [-0.2, 0) is 11.2 Å². The molecule has 2 aromatic rings. The number of likely N-dealkylation sites (N-methyl/N-ethyl adjacent to an activating group) is 1. The van der Waals surface area contributed by atoms with Gasteiger partial charge in [0.1, 0.15) is 5.76 Å². The van der Waals surface area contributed by atoms with E-state index in [0.29, 0.717) is 17.3 Å². The van der Waals surface area contributed by atoms with Crippen LogP contribution in [0.5, 0.6) is 0 Å². The van der Waals surface area contributed by atoms with Crippen molar-refractivity contribution in [1.29, 1.82) is 0 Å². The van der Waals surface area contributed by atoms with Gasteiger partial charge in [-0.05, 0) is 25.3 Å². The molecular formula is C14H18N2O3S. The Bertz CT molecular complexity index is 577. The van der Waals surface area contributed by atoms with E-state index in [9.17, 15) is 4.79 Å². The Kier molecular flexibility index (Phi) is 4.57. The topological polar surface area (TPSA) is 66.6 Å². The van der Waals surface area contributed by atoms with Crippen LogP contribution in [0.1, 0.15) is 18.4 Å². The molecule has 0 bridgehead atoms. The molecule has 20 heavy (non-hydrogen) atoms. The summed E-state index contributed by atoms with van der Waals surface area (Å²) >= 11 is 1.55. The molecule has 1 amide bonds. The van der Waals surface area contributed by atoms with Crippen LogP contribution in [0.2, 0.25) is 0 Å². The monoisotopic (exact) mass is 294 g/mol. The number of hydrogen-bond acceptors (Lipinski definition) is 5. The molecule has 0 fully saturated rings. The fourth-order valence-electron chi connectivity index (χ4n) is 1.73. The average molecular weight is 294 g/mol. The number of oxazole rings is 1. The average Bonchev–Trinajstić information content (AvgIpc) is 3.07. The van der Waals surface area contributed by atoms with Crippen LogP contribution in [0.25, 0.3) is 10.8 Å². The lowest BCUT2D eigenvalue weighted by Crippen LogP contribution is -2.38. The van der Waals surface area contributed by atoms with E-state index in [1.807, 2.05) is 24.4 Å². The minimum Gasteiger partial charge on any atom is -0.440 e. The number of aryl methyl sites for hydroxylation is 1. The second kappa shape index (κ2) is 6.19. The van der Waals surface area contributed by atoms with Crippen molar-refractivity contribution in [3.8, 4) is 10.8 Å². The number of aromatic nitrogens is 1. The third kappa shape index (κ3) is 3.08. The Hall–Kier alpha value is -1.66. The molecule has 1 atom stereocenters. The zero-order valence-electron chi connectivity index (χ0n) is 11.8. The highest BCUT2D eigenvalue weighted by atomic mass is 32.1. The number of nitrogens with zero attached hydrogens (tertiary/aromatic N) is 2. The van der Waals surface area contributed by atoms with Crippen LogP contribution in [0, 0.1) is 6.92 Å². The van der Waals surface area contributed by atoms with Gasteiger partial charge in [-0.2, -0.15) is 0 Å². The van der Waals surface area contributed by atoms with Crippen molar-refractivity contribution in [1.82, 2.24) is 9.88 Å². The van der Waals surface area contributed by atoms with Crippen LogP contribution in [-0.4, -0.2) is 40.6 Å². The Morgan fingerprint density at radius 2 is 2.35 bits per heavy atom. The normalized spacial score (nSPS) is 12.4. The van der Waals surface area contributed by atoms with E-state index in [2.05, 4.69) is 4.98 Å². The lowest BCUT2D eigenvalue weighted by Gasteiger charge is -2.22. The number of carbonyl (C=O) groups excluding carboxylic acids is 1. The maximum Gasteiger partial charge on any atom is 0.236 e. The predicted octanol–water partition coefficient (Wildman–Crippen LogP) is 2.09. The summed E-state index contributed by atoms with van der Waals surface area (Å²) in [6.45, 7) is 3.55. The second-order valence-corrected chi connectivity index (χ2v) is 5.66. The van der Waals surface area contributed by atoms with E-state index in [4.69, 9.17) is 9.52 Å². The molecule has 2 rings (SSSR count). The van der Waals surface area contributed by atoms with Gasteiger partial charge >= 0.3 is 0 Å². The number of amides is 1. The van der Waals surface area contributed by atoms with Crippen molar-refractivity contribution in [3.05, 3.63) is 29.0 Å². The number of carbonyl (C=O) groups is 1. The number of hydrogen-bond donors (Lipinski definition) is 1. The van der Waals surface area contributed by atoms with Gasteiger partial charge in [0.25, 0.3) is 0 Å². The molecule has 0 aliphatic carbocycles. The van der Waals surface area contributed by atoms with Crippen molar-refractivity contribution in [3.63, 3.8) is 0 Å². The van der Waals surface area contributed by atoms with Gasteiger partial charge in [0.15, 0.2) is 0 Å². The summed E-state index contributed by atoms with van der Waals surface area (Å²) in [5.74, 6) is 1.13. The summed E-state index contributed by atoms with van der Waals surface area (Å²) < 4.78 is 5.61. The van der Waals surface area contributed by atoms with E-state index in [0.717, 1.165) is 4.88 Å². The highest BCUT2D eigenvalue weighted by Gasteiger charge is 2.19. The van der Waals surface area contributed by atoms with Gasteiger partial charge in [-0.3, -0.25) is 4.79 Å². The standard InChI is InChI=1S/C14H18N2O3S/c1-9(8-17)16(3)13(18)7-11-10(2)19-14(15-11)12-5-4-6-20-12/h4-6,9,17H,7-8H2,1-3H3. The van der Waals surface area contributed by atoms with Crippen molar-refractivity contribution in [2.45, 2.75) is 26.3 Å². The van der Waals surface area contributed by atoms with Gasteiger partial charge in [0.05, 0.1) is 29.6 Å². The van der Waals surface area contributed by atoms with Crippen molar-refractivity contribution in [2.75, 3.05) is 13.7 Å². The molecule has 108 valence electrons. The molecule has 0 aromatic carbocycles. The van der Waals surface area contributed by atoms with Gasteiger partial charge < -0.3 is 14.4 Å². The van der Waals surface area contributed by atoms with Gasteiger partial charge in [-0.15, -0.1) is 11.3 Å². The first-order chi connectivity index (χ1) is 9.52. The molecule has 1 unspecified atom stereocenters. The molecule has 0 radical (unpaired) electrons. The Morgan fingerprint density at radius 1 is 1.60 bits per heavy atom. The Balaban J connectivity index is 2.12. The van der Waals surface area contributed by atoms with Crippen LogP contribution in [0.3, 0.4) is 0 Å². The number of rotatable bonds is 5. The molecule has 5 nitrogen and oxygen atoms in total. The lowest BCUT2D eigenvalue weighted by atomic mass is 10.2. The maximum absolute atomic E-state index is 12.1. The van der Waals surface area contributed by atoms with Gasteiger partial charge in [0, 0.05) is 7.05 Å². The van der Waals surface area contributed by atoms with E-state index in [-0.39, 0.29) is 25.0 Å².